The minimum Gasteiger partial charge on any atom is -0.497 e. The summed E-state index contributed by atoms with van der Waals surface area (Å²) in [5.74, 6) is 1.45. The van der Waals surface area contributed by atoms with Gasteiger partial charge in [0.15, 0.2) is 0 Å². The molecule has 0 saturated carbocycles. The van der Waals surface area contributed by atoms with Crippen molar-refractivity contribution in [3.8, 4) is 11.5 Å². The first-order valence-corrected chi connectivity index (χ1v) is 9.80. The van der Waals surface area contributed by atoms with E-state index in [1.54, 1.807) is 7.11 Å². The topological polar surface area (TPSA) is 51.9 Å². The lowest BCUT2D eigenvalue weighted by molar-refractivity contribution is 0.0890. The number of aryl methyl sites for hydroxylation is 1. The maximum atomic E-state index is 12.5. The molecule has 3 aromatic rings. The molecule has 2 heterocycles. The van der Waals surface area contributed by atoms with Crippen LogP contribution in [-0.4, -0.2) is 18.7 Å². The Labute approximate surface area is 167 Å². The second-order valence-corrected chi connectivity index (χ2v) is 7.76. The Balaban J connectivity index is 1.55. The van der Waals surface area contributed by atoms with Gasteiger partial charge >= 0.3 is 5.63 Å². The Morgan fingerprint density at radius 3 is 2.89 bits per heavy atom. The minimum absolute atomic E-state index is 0.227. The van der Waals surface area contributed by atoms with E-state index in [4.69, 9.17) is 25.5 Å². The summed E-state index contributed by atoms with van der Waals surface area (Å²) < 4.78 is 17.0. The first-order chi connectivity index (χ1) is 13.6. The lowest BCUT2D eigenvalue weighted by atomic mass is 10.0. The van der Waals surface area contributed by atoms with E-state index in [1.807, 2.05) is 24.3 Å². The van der Waals surface area contributed by atoms with Crippen molar-refractivity contribution in [3.05, 3.63) is 68.0 Å². The Morgan fingerprint density at radius 2 is 2.04 bits per heavy atom. The summed E-state index contributed by atoms with van der Waals surface area (Å²) in [6, 6.07) is 9.86. The van der Waals surface area contributed by atoms with Crippen LogP contribution >= 0.6 is 11.6 Å². The number of benzene rings is 2. The van der Waals surface area contributed by atoms with Crippen LogP contribution in [0.4, 0.5) is 0 Å². The molecule has 2 aromatic carbocycles. The van der Waals surface area contributed by atoms with Crippen molar-refractivity contribution in [1.29, 1.82) is 0 Å². The highest BCUT2D eigenvalue weighted by molar-refractivity contribution is 6.33. The van der Waals surface area contributed by atoms with Crippen molar-refractivity contribution >= 4 is 22.6 Å². The molecule has 0 saturated heterocycles. The molecule has 1 aliphatic carbocycles. The van der Waals surface area contributed by atoms with Crippen molar-refractivity contribution in [1.82, 2.24) is 4.90 Å². The number of halogens is 1. The summed E-state index contributed by atoms with van der Waals surface area (Å²) >= 11 is 6.53. The van der Waals surface area contributed by atoms with Crippen molar-refractivity contribution in [3.63, 3.8) is 0 Å². The Kier molecular flexibility index (Phi) is 4.29. The first-order valence-electron chi connectivity index (χ1n) is 9.42. The quantitative estimate of drug-likeness (QED) is 0.617. The maximum Gasteiger partial charge on any atom is 0.339 e. The van der Waals surface area contributed by atoms with E-state index >= 15 is 0 Å². The second-order valence-electron chi connectivity index (χ2n) is 7.35. The number of nitrogens with zero attached hydrogens (tertiary/aromatic N) is 1. The van der Waals surface area contributed by atoms with Crippen LogP contribution in [0.5, 0.6) is 11.5 Å². The van der Waals surface area contributed by atoms with Gasteiger partial charge in [0.1, 0.15) is 23.8 Å². The van der Waals surface area contributed by atoms with Crippen LogP contribution in [0.2, 0.25) is 5.02 Å². The molecule has 0 bridgehead atoms. The average Bonchev–Trinajstić information content (AvgIpc) is 3.20. The molecule has 0 radical (unpaired) electrons. The van der Waals surface area contributed by atoms with E-state index in [2.05, 4.69) is 11.0 Å². The van der Waals surface area contributed by atoms with Crippen LogP contribution in [0.15, 0.2) is 39.5 Å². The smallest absolute Gasteiger partial charge is 0.339 e. The summed E-state index contributed by atoms with van der Waals surface area (Å²) in [5, 5.41) is 1.52. The predicted octanol–water partition coefficient (Wildman–Crippen LogP) is 4.30. The van der Waals surface area contributed by atoms with E-state index in [9.17, 15) is 4.79 Å². The molecular formula is C22H20ClNO4. The zero-order chi connectivity index (χ0) is 19.3. The molecule has 0 amide bonds. The van der Waals surface area contributed by atoms with E-state index in [0.29, 0.717) is 36.2 Å². The minimum atomic E-state index is -0.227. The highest BCUT2D eigenvalue weighted by Crippen LogP contribution is 2.41. The fraction of sp³-hybridized carbons (Fsp3) is 0.318. The third-order valence-electron chi connectivity index (χ3n) is 5.58. The van der Waals surface area contributed by atoms with Crippen molar-refractivity contribution in [2.45, 2.75) is 32.4 Å². The SMILES string of the molecule is COc1cccc(CN2COc3c(Cl)cc4c5c(c(=O)oc4c3C2)CCC5)c1. The zero-order valence-corrected chi connectivity index (χ0v) is 16.3. The molecule has 0 N–H and O–H groups in total. The Bertz CT molecular complexity index is 1140. The number of ether oxygens (including phenoxy) is 2. The lowest BCUT2D eigenvalue weighted by Gasteiger charge is -2.30. The summed E-state index contributed by atoms with van der Waals surface area (Å²) in [5.41, 5.74) is 4.24. The standard InChI is InChI=1S/C22H20ClNO4/c1-26-14-5-2-4-13(8-14)10-24-11-18-20-17(9-19(23)21(18)27-12-24)15-6-3-7-16(15)22(25)28-20/h2,4-5,8-9H,3,6-7,10-12H2,1H3. The lowest BCUT2D eigenvalue weighted by Crippen LogP contribution is -2.32. The molecule has 0 atom stereocenters. The van der Waals surface area contributed by atoms with Crippen LogP contribution in [0.3, 0.4) is 0 Å². The molecule has 1 aliphatic heterocycles. The highest BCUT2D eigenvalue weighted by atomic mass is 35.5. The van der Waals surface area contributed by atoms with Gasteiger partial charge in [0.25, 0.3) is 0 Å². The van der Waals surface area contributed by atoms with Gasteiger partial charge in [-0.25, -0.2) is 4.79 Å². The maximum absolute atomic E-state index is 12.5. The van der Waals surface area contributed by atoms with E-state index in [-0.39, 0.29) is 5.63 Å². The van der Waals surface area contributed by atoms with Gasteiger partial charge in [0.05, 0.1) is 17.7 Å². The first kappa shape index (κ1) is 17.6. The molecule has 1 aromatic heterocycles. The predicted molar refractivity (Wildman–Crippen MR) is 107 cm³/mol. The third-order valence-corrected chi connectivity index (χ3v) is 5.86. The van der Waals surface area contributed by atoms with Crippen LogP contribution in [0, 0.1) is 0 Å². The number of fused-ring (bicyclic) bond motifs is 5. The molecule has 0 fully saturated rings. The molecule has 0 unspecified atom stereocenters. The molecule has 5 rings (SSSR count). The molecule has 6 heteroatoms. The number of methoxy groups -OCH3 is 1. The monoisotopic (exact) mass is 397 g/mol. The van der Waals surface area contributed by atoms with Gasteiger partial charge in [0.2, 0.25) is 0 Å². The Hall–Kier alpha value is -2.50. The van der Waals surface area contributed by atoms with Gasteiger partial charge in [-0.3, -0.25) is 4.90 Å². The fourth-order valence-corrected chi connectivity index (χ4v) is 4.56. The fourth-order valence-electron chi connectivity index (χ4n) is 4.28. The molecular weight excluding hydrogens is 378 g/mol. The zero-order valence-electron chi connectivity index (χ0n) is 15.6. The normalized spacial score (nSPS) is 15.9. The summed E-state index contributed by atoms with van der Waals surface area (Å²) in [6.45, 7) is 1.72. The van der Waals surface area contributed by atoms with Gasteiger partial charge < -0.3 is 13.9 Å². The molecule has 28 heavy (non-hydrogen) atoms. The van der Waals surface area contributed by atoms with Gasteiger partial charge in [-0.1, -0.05) is 23.7 Å². The number of hydrogen-bond donors (Lipinski definition) is 0. The van der Waals surface area contributed by atoms with Gasteiger partial charge in [0, 0.05) is 24.0 Å². The Morgan fingerprint density at radius 1 is 1.18 bits per heavy atom. The van der Waals surface area contributed by atoms with Crippen LogP contribution in [0.25, 0.3) is 11.0 Å². The largest absolute Gasteiger partial charge is 0.497 e. The molecule has 0 spiro atoms. The van der Waals surface area contributed by atoms with E-state index < -0.39 is 0 Å². The van der Waals surface area contributed by atoms with Crippen molar-refractivity contribution < 1.29 is 13.9 Å². The number of rotatable bonds is 3. The van der Waals surface area contributed by atoms with Crippen LogP contribution in [0.1, 0.15) is 28.7 Å². The van der Waals surface area contributed by atoms with Gasteiger partial charge in [-0.05, 0) is 48.6 Å². The second kappa shape index (κ2) is 6.83. The van der Waals surface area contributed by atoms with E-state index in [0.717, 1.165) is 52.7 Å². The third kappa shape index (κ3) is 2.86. The van der Waals surface area contributed by atoms with Gasteiger partial charge in [-0.2, -0.15) is 0 Å². The van der Waals surface area contributed by atoms with Crippen molar-refractivity contribution in [2.75, 3.05) is 13.8 Å². The average molecular weight is 398 g/mol. The molecule has 144 valence electrons. The number of hydrogen-bond acceptors (Lipinski definition) is 5. The van der Waals surface area contributed by atoms with Crippen LogP contribution in [-0.2, 0) is 25.9 Å². The van der Waals surface area contributed by atoms with Gasteiger partial charge in [-0.15, -0.1) is 0 Å². The van der Waals surface area contributed by atoms with Crippen LogP contribution < -0.4 is 15.1 Å². The molecule has 2 aliphatic rings. The highest BCUT2D eigenvalue weighted by Gasteiger charge is 2.28. The summed E-state index contributed by atoms with van der Waals surface area (Å²) in [6.07, 6.45) is 2.65. The van der Waals surface area contributed by atoms with E-state index in [1.165, 1.54) is 0 Å². The summed E-state index contributed by atoms with van der Waals surface area (Å²) in [4.78, 5) is 14.6. The molecule has 5 nitrogen and oxygen atoms in total. The summed E-state index contributed by atoms with van der Waals surface area (Å²) in [7, 11) is 1.66. The van der Waals surface area contributed by atoms with Crippen molar-refractivity contribution in [2.24, 2.45) is 0 Å².